The average Bonchev–Trinajstić information content (AvgIpc) is 3.97. The monoisotopic (exact) mass is 703 g/mol. The molecule has 55 heavy (non-hydrogen) atoms. The molecule has 0 unspecified atom stereocenters. The molecule has 8 aromatic carbocycles. The molecule has 1 heterocycles. The molecule has 9 aromatic rings. The van der Waals surface area contributed by atoms with Crippen LogP contribution in [0.4, 0.5) is 17.1 Å². The van der Waals surface area contributed by atoms with Gasteiger partial charge >= 0.3 is 0 Å². The lowest BCUT2D eigenvalue weighted by atomic mass is 9.82. The van der Waals surface area contributed by atoms with Crippen molar-refractivity contribution in [1.29, 1.82) is 0 Å². The molecular weight excluding hydrogens is 667 g/mol. The Labute approximate surface area is 320 Å². The van der Waals surface area contributed by atoms with Crippen molar-refractivity contribution in [3.05, 3.63) is 197 Å². The van der Waals surface area contributed by atoms with Crippen LogP contribution >= 0.6 is 0 Å². The maximum Gasteiger partial charge on any atom is 0.136 e. The van der Waals surface area contributed by atoms with E-state index < -0.39 is 0 Å². The van der Waals surface area contributed by atoms with Gasteiger partial charge < -0.3 is 9.32 Å². The van der Waals surface area contributed by atoms with Crippen LogP contribution in [0.1, 0.15) is 47.2 Å². The van der Waals surface area contributed by atoms with Gasteiger partial charge in [-0.2, -0.15) is 0 Å². The second-order valence-electron chi connectivity index (χ2n) is 16.0. The fraction of sp³-hybridized carbons (Fsp3) is 0.0943. The number of hydrogen-bond acceptors (Lipinski definition) is 2. The van der Waals surface area contributed by atoms with Gasteiger partial charge in [0.05, 0.1) is 5.69 Å². The van der Waals surface area contributed by atoms with E-state index in [1.807, 2.05) is 0 Å². The van der Waals surface area contributed by atoms with Crippen LogP contribution in [0.25, 0.3) is 66.4 Å². The Kier molecular flexibility index (Phi) is 6.27. The van der Waals surface area contributed by atoms with Gasteiger partial charge in [-0.15, -0.1) is 0 Å². The van der Waals surface area contributed by atoms with Crippen LogP contribution in [0.2, 0.25) is 0 Å². The number of rotatable bonds is 4. The Balaban J connectivity index is 1.13. The topological polar surface area (TPSA) is 16.4 Å². The van der Waals surface area contributed by atoms with Crippen molar-refractivity contribution in [2.45, 2.75) is 32.1 Å². The van der Waals surface area contributed by atoms with Gasteiger partial charge in [0.1, 0.15) is 11.2 Å². The first-order chi connectivity index (χ1) is 27.0. The minimum Gasteiger partial charge on any atom is -0.456 e. The predicted octanol–water partition coefficient (Wildman–Crippen LogP) is 14.2. The van der Waals surface area contributed by atoms with E-state index in [0.29, 0.717) is 0 Å². The first-order valence-corrected chi connectivity index (χ1v) is 19.4. The lowest BCUT2D eigenvalue weighted by Gasteiger charge is -2.31. The minimum atomic E-state index is -0.113. The number of anilines is 3. The molecule has 0 atom stereocenters. The Morgan fingerprint density at radius 3 is 2.05 bits per heavy atom. The number of hydrogen-bond donors (Lipinski definition) is 0. The van der Waals surface area contributed by atoms with Crippen molar-refractivity contribution >= 4 is 39.0 Å². The van der Waals surface area contributed by atoms with Gasteiger partial charge in [-0.1, -0.05) is 135 Å². The molecule has 0 fully saturated rings. The van der Waals surface area contributed by atoms with Crippen molar-refractivity contribution in [1.82, 2.24) is 0 Å². The molecule has 0 bridgehead atoms. The van der Waals surface area contributed by atoms with Gasteiger partial charge in [-0.3, -0.25) is 0 Å². The molecule has 3 aliphatic rings. The summed E-state index contributed by atoms with van der Waals surface area (Å²) in [6.07, 6.45) is 1.80. The zero-order valence-electron chi connectivity index (χ0n) is 30.9. The van der Waals surface area contributed by atoms with Crippen molar-refractivity contribution < 1.29 is 4.42 Å². The molecule has 1 aromatic heterocycles. The average molecular weight is 704 g/mol. The van der Waals surface area contributed by atoms with Crippen molar-refractivity contribution in [3.63, 3.8) is 0 Å². The first-order valence-electron chi connectivity index (χ1n) is 19.4. The molecular formula is C53H37NO. The summed E-state index contributed by atoms with van der Waals surface area (Å²) in [6.45, 7) is 4.75. The summed E-state index contributed by atoms with van der Waals surface area (Å²) in [4.78, 5) is 2.54. The van der Waals surface area contributed by atoms with Crippen LogP contribution < -0.4 is 4.90 Å². The maximum absolute atomic E-state index is 6.46. The summed E-state index contributed by atoms with van der Waals surface area (Å²) in [7, 11) is 0. The molecule has 260 valence electrons. The van der Waals surface area contributed by atoms with Gasteiger partial charge in [0.15, 0.2) is 0 Å². The van der Waals surface area contributed by atoms with E-state index >= 15 is 0 Å². The van der Waals surface area contributed by atoms with Crippen molar-refractivity contribution in [2.75, 3.05) is 4.90 Å². The van der Waals surface area contributed by atoms with Crippen LogP contribution in [0.3, 0.4) is 0 Å². The fourth-order valence-electron chi connectivity index (χ4n) is 10.2. The molecule has 0 aliphatic heterocycles. The van der Waals surface area contributed by atoms with E-state index in [1.54, 1.807) is 0 Å². The number of benzene rings is 8. The largest absolute Gasteiger partial charge is 0.456 e. The summed E-state index contributed by atoms with van der Waals surface area (Å²) in [5.74, 6) is 0. The van der Waals surface area contributed by atoms with E-state index in [9.17, 15) is 0 Å². The number of nitrogens with zero attached hydrogens (tertiary/aromatic N) is 1. The summed E-state index contributed by atoms with van der Waals surface area (Å²) < 4.78 is 6.46. The molecule has 2 nitrogen and oxygen atoms in total. The number of fused-ring (bicyclic) bond motifs is 14. The predicted molar refractivity (Wildman–Crippen MR) is 228 cm³/mol. The molecule has 0 spiro atoms. The van der Waals surface area contributed by atoms with Crippen LogP contribution in [-0.2, 0) is 18.3 Å². The van der Waals surface area contributed by atoms with Gasteiger partial charge in [-0.25, -0.2) is 0 Å². The zero-order valence-corrected chi connectivity index (χ0v) is 30.9. The molecule has 3 aliphatic carbocycles. The highest BCUT2D eigenvalue weighted by atomic mass is 16.3. The van der Waals surface area contributed by atoms with Gasteiger partial charge in [0.2, 0.25) is 0 Å². The summed E-state index contributed by atoms with van der Waals surface area (Å²) in [5, 5.41) is 2.43. The lowest BCUT2D eigenvalue weighted by Crippen LogP contribution is -2.17. The third-order valence-electron chi connectivity index (χ3n) is 12.7. The Bertz CT molecular complexity index is 3050. The third kappa shape index (κ3) is 4.31. The highest BCUT2D eigenvalue weighted by Gasteiger charge is 2.38. The van der Waals surface area contributed by atoms with E-state index in [0.717, 1.165) is 29.7 Å². The number of furan rings is 1. The van der Waals surface area contributed by atoms with E-state index in [4.69, 9.17) is 4.42 Å². The zero-order chi connectivity index (χ0) is 36.4. The molecule has 0 N–H and O–H groups in total. The van der Waals surface area contributed by atoms with E-state index in [1.165, 1.54) is 100 Å². The van der Waals surface area contributed by atoms with Crippen LogP contribution in [0, 0.1) is 0 Å². The summed E-state index contributed by atoms with van der Waals surface area (Å²) in [5.41, 5.74) is 24.2. The first kappa shape index (κ1) is 30.8. The van der Waals surface area contributed by atoms with Crippen LogP contribution in [0.5, 0.6) is 0 Å². The van der Waals surface area contributed by atoms with E-state index in [2.05, 4.69) is 183 Å². The normalized spacial score (nSPS) is 14.0. The minimum absolute atomic E-state index is 0.113. The SMILES string of the molecule is CC1(C)c2ccccc2-c2ccc(N(c3ccc(-c4ccccc4)cc3)c3cc4c(c5c3-c3ccccc3C5)-c3c(ccc5oc6ccccc6c35)C4)cc21. The standard InChI is InChI=1S/C53H37NO/c1-53(2)44-18-10-8-16-40(44)41-26-25-38(31-45(41)53)54(37-23-20-33(21-24-37)32-12-4-3-5-13-32)46-30-36-28-35-22-27-48-52(42-17-9-11-19-47(42)55-48)50(35)49(36)43-29-34-14-6-7-15-39(34)51(43)46/h3-27,30-31H,28-29H2,1-2H3. The van der Waals surface area contributed by atoms with Gasteiger partial charge in [0.25, 0.3) is 0 Å². The Hall–Kier alpha value is -6.64. The quantitative estimate of drug-likeness (QED) is 0.181. The molecule has 0 radical (unpaired) electrons. The Morgan fingerprint density at radius 2 is 1.18 bits per heavy atom. The van der Waals surface area contributed by atoms with Gasteiger partial charge in [-0.05, 0) is 128 Å². The molecule has 0 saturated heterocycles. The molecule has 0 saturated carbocycles. The molecule has 2 heteroatoms. The van der Waals surface area contributed by atoms with Crippen LogP contribution in [-0.4, -0.2) is 0 Å². The van der Waals surface area contributed by atoms with Crippen molar-refractivity contribution in [3.8, 4) is 44.5 Å². The summed E-state index contributed by atoms with van der Waals surface area (Å²) >= 11 is 0. The number of para-hydroxylation sites is 1. The van der Waals surface area contributed by atoms with Crippen LogP contribution in [0.15, 0.2) is 168 Å². The second kappa shape index (κ2) is 11.2. The third-order valence-corrected chi connectivity index (χ3v) is 12.7. The second-order valence-corrected chi connectivity index (χ2v) is 16.0. The molecule has 12 rings (SSSR count). The maximum atomic E-state index is 6.46. The smallest absolute Gasteiger partial charge is 0.136 e. The molecule has 0 amide bonds. The fourth-order valence-corrected chi connectivity index (χ4v) is 10.2. The summed E-state index contributed by atoms with van der Waals surface area (Å²) in [6, 6.07) is 60.6. The highest BCUT2D eigenvalue weighted by Crippen LogP contribution is 2.57. The lowest BCUT2D eigenvalue weighted by molar-refractivity contribution is 0.660. The van der Waals surface area contributed by atoms with Gasteiger partial charge in [0, 0.05) is 33.1 Å². The van der Waals surface area contributed by atoms with Crippen molar-refractivity contribution in [2.24, 2.45) is 0 Å². The highest BCUT2D eigenvalue weighted by molar-refractivity contribution is 6.16. The Morgan fingerprint density at radius 1 is 0.473 bits per heavy atom. The van der Waals surface area contributed by atoms with E-state index in [-0.39, 0.29) is 5.41 Å².